The Morgan fingerprint density at radius 2 is 1.90 bits per heavy atom. The summed E-state index contributed by atoms with van der Waals surface area (Å²) in [7, 11) is 2.07. The Morgan fingerprint density at radius 1 is 1.20 bits per heavy atom. The number of nitrogens with zero attached hydrogens (tertiary/aromatic N) is 2. The Labute approximate surface area is 125 Å². The molecule has 0 radical (unpaired) electrons. The van der Waals surface area contributed by atoms with Gasteiger partial charge >= 0.3 is 0 Å². The molecule has 0 bridgehead atoms. The van der Waals surface area contributed by atoms with Crippen LogP contribution in [0.2, 0.25) is 0 Å². The van der Waals surface area contributed by atoms with Gasteiger partial charge in [-0.05, 0) is 24.7 Å². The number of hydrogen-bond acceptors (Lipinski definition) is 3. The van der Waals surface area contributed by atoms with Crippen LogP contribution in [0, 0.1) is 0 Å². The molecule has 1 unspecified atom stereocenters. The van der Waals surface area contributed by atoms with Crippen molar-refractivity contribution in [2.75, 3.05) is 7.05 Å². The van der Waals surface area contributed by atoms with Gasteiger partial charge in [0.2, 0.25) is 0 Å². The molecule has 2 aromatic rings. The maximum Gasteiger partial charge on any atom is 0.0746 e. The highest BCUT2D eigenvalue weighted by Gasteiger charge is 2.18. The number of thiocarbonyl (C=S) groups is 1. The third-order valence-corrected chi connectivity index (χ3v) is 3.42. The monoisotopic (exact) mass is 285 g/mol. The van der Waals surface area contributed by atoms with E-state index >= 15 is 0 Å². The number of aromatic nitrogens is 1. The van der Waals surface area contributed by atoms with E-state index in [2.05, 4.69) is 29.1 Å². The summed E-state index contributed by atoms with van der Waals surface area (Å²) in [6.45, 7) is 0.767. The molecule has 4 heteroatoms. The third kappa shape index (κ3) is 4.11. The molecule has 1 atom stereocenters. The number of rotatable bonds is 6. The SMILES string of the molecule is CN(Cc1ccccn1)C(CC(N)=S)c1ccccc1. The highest BCUT2D eigenvalue weighted by Crippen LogP contribution is 2.24. The van der Waals surface area contributed by atoms with E-state index in [0.29, 0.717) is 11.4 Å². The van der Waals surface area contributed by atoms with Gasteiger partial charge in [0.05, 0.1) is 10.7 Å². The van der Waals surface area contributed by atoms with Gasteiger partial charge in [0.15, 0.2) is 0 Å². The van der Waals surface area contributed by atoms with Crippen molar-refractivity contribution in [3.8, 4) is 0 Å². The summed E-state index contributed by atoms with van der Waals surface area (Å²) in [6.07, 6.45) is 2.48. The van der Waals surface area contributed by atoms with E-state index in [1.54, 1.807) is 0 Å². The van der Waals surface area contributed by atoms with Crippen LogP contribution in [0.4, 0.5) is 0 Å². The zero-order valence-corrected chi connectivity index (χ0v) is 12.4. The van der Waals surface area contributed by atoms with Gasteiger partial charge < -0.3 is 5.73 Å². The zero-order chi connectivity index (χ0) is 14.4. The molecule has 0 aliphatic heterocycles. The molecule has 1 aromatic carbocycles. The van der Waals surface area contributed by atoms with Crippen molar-refractivity contribution < 1.29 is 0 Å². The highest BCUT2D eigenvalue weighted by atomic mass is 32.1. The fourth-order valence-electron chi connectivity index (χ4n) is 2.25. The molecule has 0 saturated carbocycles. The molecule has 0 saturated heterocycles. The smallest absolute Gasteiger partial charge is 0.0746 e. The van der Waals surface area contributed by atoms with Crippen molar-refractivity contribution in [2.45, 2.75) is 19.0 Å². The van der Waals surface area contributed by atoms with E-state index in [9.17, 15) is 0 Å². The van der Waals surface area contributed by atoms with Gasteiger partial charge in [0, 0.05) is 25.2 Å². The molecule has 2 N–H and O–H groups in total. The molecule has 3 nitrogen and oxygen atoms in total. The summed E-state index contributed by atoms with van der Waals surface area (Å²) in [5.41, 5.74) is 8.01. The van der Waals surface area contributed by atoms with Gasteiger partial charge in [-0.15, -0.1) is 0 Å². The molecular weight excluding hydrogens is 266 g/mol. The van der Waals surface area contributed by atoms with Crippen molar-refractivity contribution in [2.24, 2.45) is 5.73 Å². The standard InChI is InChI=1S/C16H19N3S/c1-19(12-14-9-5-6-10-18-14)15(11-16(17)20)13-7-3-2-4-8-13/h2-10,15H,11-12H2,1H3,(H2,17,20). The van der Waals surface area contributed by atoms with Crippen LogP contribution in [0.25, 0.3) is 0 Å². The maximum absolute atomic E-state index is 5.75. The minimum atomic E-state index is 0.177. The summed E-state index contributed by atoms with van der Waals surface area (Å²) in [6, 6.07) is 16.4. The molecule has 0 aliphatic carbocycles. The highest BCUT2D eigenvalue weighted by molar-refractivity contribution is 7.80. The zero-order valence-electron chi connectivity index (χ0n) is 11.6. The number of pyridine rings is 1. The fourth-order valence-corrected chi connectivity index (χ4v) is 2.41. The molecular formula is C16H19N3S. The number of benzene rings is 1. The van der Waals surface area contributed by atoms with Gasteiger partial charge in [-0.25, -0.2) is 0 Å². The van der Waals surface area contributed by atoms with E-state index in [1.165, 1.54) is 5.56 Å². The third-order valence-electron chi connectivity index (χ3n) is 3.25. The first kappa shape index (κ1) is 14.6. The molecule has 0 aliphatic rings. The average molecular weight is 285 g/mol. The van der Waals surface area contributed by atoms with Crippen LogP contribution in [0.5, 0.6) is 0 Å². The van der Waals surface area contributed by atoms with Gasteiger partial charge in [0.25, 0.3) is 0 Å². The molecule has 1 heterocycles. The van der Waals surface area contributed by atoms with Crippen molar-refractivity contribution in [3.05, 3.63) is 66.0 Å². The summed E-state index contributed by atoms with van der Waals surface area (Å²) in [5, 5.41) is 0. The van der Waals surface area contributed by atoms with Crippen molar-refractivity contribution >= 4 is 17.2 Å². The predicted octanol–water partition coefficient (Wildman–Crippen LogP) is 2.93. The minimum Gasteiger partial charge on any atom is -0.393 e. The lowest BCUT2D eigenvalue weighted by Gasteiger charge is -2.28. The van der Waals surface area contributed by atoms with Gasteiger partial charge in [-0.1, -0.05) is 48.6 Å². The Balaban J connectivity index is 2.16. The Bertz CT molecular complexity index is 542. The average Bonchev–Trinajstić information content (AvgIpc) is 2.46. The van der Waals surface area contributed by atoms with Crippen LogP contribution in [0.3, 0.4) is 0 Å². The van der Waals surface area contributed by atoms with E-state index < -0.39 is 0 Å². The lowest BCUT2D eigenvalue weighted by Crippen LogP contribution is -2.28. The minimum absolute atomic E-state index is 0.177. The van der Waals surface area contributed by atoms with Crippen molar-refractivity contribution in [1.29, 1.82) is 0 Å². The largest absolute Gasteiger partial charge is 0.393 e. The maximum atomic E-state index is 5.75. The molecule has 2 rings (SSSR count). The second-order valence-electron chi connectivity index (χ2n) is 4.83. The Hall–Kier alpha value is -1.78. The van der Waals surface area contributed by atoms with Crippen LogP contribution < -0.4 is 5.73 Å². The normalized spacial score (nSPS) is 12.3. The van der Waals surface area contributed by atoms with Crippen LogP contribution in [-0.4, -0.2) is 21.9 Å². The summed E-state index contributed by atoms with van der Waals surface area (Å²) in [5.74, 6) is 0. The van der Waals surface area contributed by atoms with Gasteiger partial charge in [-0.3, -0.25) is 9.88 Å². The van der Waals surface area contributed by atoms with Crippen LogP contribution in [0.15, 0.2) is 54.7 Å². The number of nitrogens with two attached hydrogens (primary N) is 1. The molecule has 1 aromatic heterocycles. The topological polar surface area (TPSA) is 42.2 Å². The first-order valence-electron chi connectivity index (χ1n) is 6.60. The quantitative estimate of drug-likeness (QED) is 0.829. The van der Waals surface area contributed by atoms with Crippen molar-refractivity contribution in [3.63, 3.8) is 0 Å². The first-order valence-corrected chi connectivity index (χ1v) is 7.01. The van der Waals surface area contributed by atoms with Gasteiger partial charge in [0.1, 0.15) is 0 Å². The fraction of sp³-hybridized carbons (Fsp3) is 0.250. The predicted molar refractivity (Wildman–Crippen MR) is 86.3 cm³/mol. The van der Waals surface area contributed by atoms with Crippen LogP contribution >= 0.6 is 12.2 Å². The van der Waals surface area contributed by atoms with Crippen LogP contribution in [0.1, 0.15) is 23.7 Å². The molecule has 20 heavy (non-hydrogen) atoms. The number of hydrogen-bond donors (Lipinski definition) is 1. The Morgan fingerprint density at radius 3 is 2.50 bits per heavy atom. The molecule has 104 valence electrons. The van der Waals surface area contributed by atoms with E-state index in [-0.39, 0.29) is 6.04 Å². The van der Waals surface area contributed by atoms with Gasteiger partial charge in [-0.2, -0.15) is 0 Å². The second kappa shape index (κ2) is 7.12. The summed E-state index contributed by atoms with van der Waals surface area (Å²) in [4.78, 5) is 7.14. The lowest BCUT2D eigenvalue weighted by atomic mass is 10.0. The van der Waals surface area contributed by atoms with Crippen molar-refractivity contribution in [1.82, 2.24) is 9.88 Å². The lowest BCUT2D eigenvalue weighted by molar-refractivity contribution is 0.239. The summed E-state index contributed by atoms with van der Waals surface area (Å²) < 4.78 is 0. The van der Waals surface area contributed by atoms with E-state index in [4.69, 9.17) is 18.0 Å². The molecule has 0 spiro atoms. The first-order chi connectivity index (χ1) is 9.66. The summed E-state index contributed by atoms with van der Waals surface area (Å²) >= 11 is 5.09. The second-order valence-corrected chi connectivity index (χ2v) is 5.36. The van der Waals surface area contributed by atoms with E-state index in [1.807, 2.05) is 42.6 Å². The van der Waals surface area contributed by atoms with Crippen LogP contribution in [-0.2, 0) is 6.54 Å². The Kier molecular flexibility index (Phi) is 5.21. The molecule has 0 fully saturated rings. The molecule has 0 amide bonds. The van der Waals surface area contributed by atoms with E-state index in [0.717, 1.165) is 12.2 Å².